The van der Waals surface area contributed by atoms with Crippen LogP contribution in [-0.4, -0.2) is 34.7 Å². The maximum atomic E-state index is 13.7. The lowest BCUT2D eigenvalue weighted by molar-refractivity contribution is -0.197. The molecule has 1 aliphatic heterocycles. The van der Waals surface area contributed by atoms with Crippen LogP contribution >= 0.6 is 0 Å². The Kier molecular flexibility index (Phi) is 4.10. The van der Waals surface area contributed by atoms with Gasteiger partial charge in [-0.1, -0.05) is 18.2 Å². The largest absolute Gasteiger partial charge is 0.440 e. The minimum absolute atomic E-state index is 0.0586. The van der Waals surface area contributed by atoms with Gasteiger partial charge in [0, 0.05) is 12.4 Å². The summed E-state index contributed by atoms with van der Waals surface area (Å²) in [5, 5.41) is 3.17. The molecule has 1 aromatic carbocycles. The molecule has 0 unspecified atom stereocenters. The normalized spacial score (nSPS) is 20.0. The summed E-state index contributed by atoms with van der Waals surface area (Å²) in [6, 6.07) is 8.35. The first-order chi connectivity index (χ1) is 12.3. The van der Waals surface area contributed by atoms with Gasteiger partial charge in [0.1, 0.15) is 0 Å². The van der Waals surface area contributed by atoms with E-state index in [1.807, 2.05) is 0 Å². The highest BCUT2D eigenvalue weighted by molar-refractivity contribution is 6.24. The summed E-state index contributed by atoms with van der Waals surface area (Å²) in [5.74, 6) is -2.86. The van der Waals surface area contributed by atoms with Crippen LogP contribution in [0.4, 0.5) is 23.7 Å². The van der Waals surface area contributed by atoms with Crippen molar-refractivity contribution in [2.75, 3.05) is 4.90 Å². The molecule has 2 aromatic rings. The number of nitrogens with one attached hydrogen (secondary N) is 2. The molecule has 1 atom stereocenters. The van der Waals surface area contributed by atoms with Gasteiger partial charge in [-0.3, -0.25) is 19.9 Å². The summed E-state index contributed by atoms with van der Waals surface area (Å²) in [5.41, 5.74) is -3.83. The number of amides is 4. The number of carbonyl (C=O) groups excluding carboxylic acids is 3. The standard InChI is InChI=1S/C16H11F3N4O3/c17-16(18,19)15(21-12(24)10-5-4-8-20-9-10)13(25)23(14(26)22-15)11-6-2-1-3-7-11/h1-9H,(H,21,24)(H,22,26)/t15-/m0/s1. The molecular formula is C16H11F3N4O3. The van der Waals surface area contributed by atoms with E-state index in [4.69, 9.17) is 0 Å². The van der Waals surface area contributed by atoms with Crippen LogP contribution in [0.15, 0.2) is 54.9 Å². The van der Waals surface area contributed by atoms with E-state index in [2.05, 4.69) is 4.98 Å². The second-order valence-electron chi connectivity index (χ2n) is 5.35. The van der Waals surface area contributed by atoms with Gasteiger partial charge in [-0.05, 0) is 24.3 Å². The number of alkyl halides is 3. The van der Waals surface area contributed by atoms with Gasteiger partial charge in [-0.15, -0.1) is 0 Å². The van der Waals surface area contributed by atoms with Crippen LogP contribution in [0.3, 0.4) is 0 Å². The first-order valence-corrected chi connectivity index (χ1v) is 7.27. The Labute approximate surface area is 144 Å². The number of hydrogen-bond acceptors (Lipinski definition) is 4. The topological polar surface area (TPSA) is 91.4 Å². The number of aromatic nitrogens is 1. The first-order valence-electron chi connectivity index (χ1n) is 7.27. The Hall–Kier alpha value is -3.43. The Morgan fingerprint density at radius 3 is 2.38 bits per heavy atom. The van der Waals surface area contributed by atoms with Gasteiger partial charge in [0.15, 0.2) is 0 Å². The number of nitrogens with zero attached hydrogens (tertiary/aromatic N) is 2. The lowest BCUT2D eigenvalue weighted by Crippen LogP contribution is -2.69. The van der Waals surface area contributed by atoms with E-state index in [0.717, 1.165) is 6.20 Å². The number of anilines is 1. The Morgan fingerprint density at radius 2 is 1.81 bits per heavy atom. The molecule has 10 heteroatoms. The van der Waals surface area contributed by atoms with Gasteiger partial charge in [0.2, 0.25) is 0 Å². The fourth-order valence-electron chi connectivity index (χ4n) is 2.43. The lowest BCUT2D eigenvalue weighted by atomic mass is 10.1. The third-order valence-electron chi connectivity index (χ3n) is 3.69. The number of halogens is 3. The van der Waals surface area contributed by atoms with Gasteiger partial charge in [0.25, 0.3) is 17.5 Å². The minimum Gasteiger partial charge on any atom is -0.314 e. The average Bonchev–Trinajstić information content (AvgIpc) is 2.87. The van der Waals surface area contributed by atoms with Crippen molar-refractivity contribution in [1.82, 2.24) is 15.6 Å². The molecule has 0 radical (unpaired) electrons. The van der Waals surface area contributed by atoms with Crippen LogP contribution in [0.5, 0.6) is 0 Å². The number of rotatable bonds is 3. The van der Waals surface area contributed by atoms with Crippen molar-refractivity contribution in [3.8, 4) is 0 Å². The number of urea groups is 1. The molecule has 0 spiro atoms. The molecule has 134 valence electrons. The molecule has 26 heavy (non-hydrogen) atoms. The molecule has 3 rings (SSSR count). The monoisotopic (exact) mass is 364 g/mol. The first kappa shape index (κ1) is 17.4. The minimum atomic E-state index is -5.28. The van der Waals surface area contributed by atoms with E-state index in [0.29, 0.717) is 4.90 Å². The van der Waals surface area contributed by atoms with Gasteiger partial charge in [-0.25, -0.2) is 9.69 Å². The van der Waals surface area contributed by atoms with Gasteiger partial charge < -0.3 is 5.32 Å². The van der Waals surface area contributed by atoms with E-state index in [9.17, 15) is 27.6 Å². The van der Waals surface area contributed by atoms with Gasteiger partial charge >= 0.3 is 12.2 Å². The lowest BCUT2D eigenvalue weighted by Gasteiger charge is -2.29. The third kappa shape index (κ3) is 2.75. The number of para-hydroxylation sites is 1. The highest BCUT2D eigenvalue weighted by Gasteiger charge is 2.69. The number of imide groups is 1. The summed E-state index contributed by atoms with van der Waals surface area (Å²) in [6.45, 7) is 0. The van der Waals surface area contributed by atoms with Gasteiger partial charge in [-0.2, -0.15) is 13.2 Å². The van der Waals surface area contributed by atoms with E-state index in [-0.39, 0.29) is 11.3 Å². The zero-order valence-electron chi connectivity index (χ0n) is 12.9. The van der Waals surface area contributed by atoms with Crippen molar-refractivity contribution in [3.05, 3.63) is 60.4 Å². The molecule has 2 N–H and O–H groups in total. The summed E-state index contributed by atoms with van der Waals surface area (Å²) < 4.78 is 41.1. The Morgan fingerprint density at radius 1 is 1.12 bits per heavy atom. The quantitative estimate of drug-likeness (QED) is 0.813. The predicted molar refractivity (Wildman–Crippen MR) is 82.9 cm³/mol. The van der Waals surface area contributed by atoms with Crippen LogP contribution in [0.25, 0.3) is 0 Å². The van der Waals surface area contributed by atoms with Crippen LogP contribution in [0, 0.1) is 0 Å². The second kappa shape index (κ2) is 6.14. The molecule has 1 fully saturated rings. The predicted octanol–water partition coefficient (Wildman–Crippen LogP) is 1.83. The molecule has 1 saturated heterocycles. The Balaban J connectivity index is 2.00. The molecule has 7 nitrogen and oxygen atoms in total. The van der Waals surface area contributed by atoms with Crippen LogP contribution in [0.2, 0.25) is 0 Å². The number of carbonyl (C=O) groups is 3. The zero-order chi connectivity index (χ0) is 18.9. The van der Waals surface area contributed by atoms with E-state index in [1.165, 1.54) is 42.6 Å². The maximum Gasteiger partial charge on any atom is 0.440 e. The summed E-state index contributed by atoms with van der Waals surface area (Å²) in [7, 11) is 0. The maximum absolute atomic E-state index is 13.7. The summed E-state index contributed by atoms with van der Waals surface area (Å²) in [4.78, 5) is 40.8. The molecule has 1 aromatic heterocycles. The molecular weight excluding hydrogens is 353 g/mol. The van der Waals surface area contributed by atoms with E-state index >= 15 is 0 Å². The third-order valence-corrected chi connectivity index (χ3v) is 3.69. The average molecular weight is 364 g/mol. The van der Waals surface area contributed by atoms with Crippen molar-refractivity contribution >= 4 is 23.5 Å². The number of benzene rings is 1. The number of pyridine rings is 1. The molecule has 4 amide bonds. The highest BCUT2D eigenvalue weighted by Crippen LogP contribution is 2.35. The van der Waals surface area contributed by atoms with Crippen LogP contribution < -0.4 is 15.5 Å². The zero-order valence-corrected chi connectivity index (χ0v) is 12.9. The fourth-order valence-corrected chi connectivity index (χ4v) is 2.43. The molecule has 1 aliphatic rings. The molecule has 2 heterocycles. The van der Waals surface area contributed by atoms with Crippen molar-refractivity contribution in [2.24, 2.45) is 0 Å². The highest BCUT2D eigenvalue weighted by atomic mass is 19.4. The number of hydrogen-bond donors (Lipinski definition) is 2. The van der Waals surface area contributed by atoms with Crippen LogP contribution in [-0.2, 0) is 4.79 Å². The summed E-state index contributed by atoms with van der Waals surface area (Å²) >= 11 is 0. The molecule has 0 aliphatic carbocycles. The van der Waals surface area contributed by atoms with Gasteiger partial charge in [0.05, 0.1) is 11.3 Å². The molecule has 0 bridgehead atoms. The van der Waals surface area contributed by atoms with Crippen molar-refractivity contribution in [1.29, 1.82) is 0 Å². The van der Waals surface area contributed by atoms with Crippen LogP contribution in [0.1, 0.15) is 10.4 Å². The second-order valence-corrected chi connectivity index (χ2v) is 5.35. The SMILES string of the molecule is O=C(N[C@]1(C(F)(F)F)NC(=O)N(c2ccccc2)C1=O)c1cccnc1. The summed E-state index contributed by atoms with van der Waals surface area (Å²) in [6.07, 6.45) is -2.91. The van der Waals surface area contributed by atoms with Crippen molar-refractivity contribution in [2.45, 2.75) is 11.8 Å². The van der Waals surface area contributed by atoms with E-state index in [1.54, 1.807) is 16.7 Å². The van der Waals surface area contributed by atoms with Crippen molar-refractivity contribution in [3.63, 3.8) is 0 Å². The van der Waals surface area contributed by atoms with Crippen molar-refractivity contribution < 1.29 is 27.6 Å². The smallest absolute Gasteiger partial charge is 0.314 e. The van der Waals surface area contributed by atoms with E-state index < -0.39 is 29.7 Å². The Bertz CT molecular complexity index is 858. The molecule has 0 saturated carbocycles. The fraction of sp³-hybridized carbons (Fsp3) is 0.125.